The topological polar surface area (TPSA) is 103 Å². The number of nitrogens with zero attached hydrogens (tertiary/aromatic N) is 4. The van der Waals surface area contributed by atoms with Crippen molar-refractivity contribution in [2.45, 2.75) is 40.3 Å². The molecule has 5 rings (SSSR count). The van der Waals surface area contributed by atoms with E-state index in [1.54, 1.807) is 35.0 Å². The minimum atomic E-state index is -0.637. The predicted octanol–water partition coefficient (Wildman–Crippen LogP) is 5.33. The van der Waals surface area contributed by atoms with Gasteiger partial charge in [-0.05, 0) is 73.5 Å². The van der Waals surface area contributed by atoms with Crippen LogP contribution in [0.4, 0.5) is 16.0 Å². The van der Waals surface area contributed by atoms with Crippen LogP contribution < -0.4 is 20.1 Å². The lowest BCUT2D eigenvalue weighted by Crippen LogP contribution is -2.31. The van der Waals surface area contributed by atoms with Gasteiger partial charge in [0.25, 0.3) is 5.91 Å². The summed E-state index contributed by atoms with van der Waals surface area (Å²) in [6, 6.07) is 17.1. The highest BCUT2D eigenvalue weighted by molar-refractivity contribution is 6.06. The first-order valence-electron chi connectivity index (χ1n) is 12.6. The van der Waals surface area contributed by atoms with Crippen LogP contribution in [0.15, 0.2) is 71.9 Å². The van der Waals surface area contributed by atoms with Gasteiger partial charge in [-0.2, -0.15) is 4.68 Å². The molecule has 4 aromatic rings. The molecule has 0 saturated carbocycles. The lowest BCUT2D eigenvalue weighted by atomic mass is 9.94. The second kappa shape index (κ2) is 10.9. The Morgan fingerprint density at radius 2 is 1.87 bits per heavy atom. The normalized spacial score (nSPS) is 14.4. The Bertz CT molecular complexity index is 1560. The summed E-state index contributed by atoms with van der Waals surface area (Å²) >= 11 is 0. The number of halogens is 1. The van der Waals surface area contributed by atoms with Crippen LogP contribution in [-0.4, -0.2) is 32.7 Å². The van der Waals surface area contributed by atoms with E-state index in [0.29, 0.717) is 40.9 Å². The van der Waals surface area contributed by atoms with Gasteiger partial charge in [0, 0.05) is 16.9 Å². The van der Waals surface area contributed by atoms with Crippen LogP contribution in [0.1, 0.15) is 42.1 Å². The highest BCUT2D eigenvalue weighted by atomic mass is 19.1. The maximum atomic E-state index is 14.1. The van der Waals surface area contributed by atoms with Gasteiger partial charge in [-0.3, -0.25) is 4.79 Å². The highest BCUT2D eigenvalue weighted by Crippen LogP contribution is 2.39. The Morgan fingerprint density at radius 1 is 1.05 bits per heavy atom. The first-order valence-corrected chi connectivity index (χ1v) is 12.6. The number of aromatic nitrogens is 4. The summed E-state index contributed by atoms with van der Waals surface area (Å²) in [5.74, 6) is 0.713. The van der Waals surface area contributed by atoms with Crippen LogP contribution in [0.5, 0.6) is 11.5 Å². The zero-order valence-electron chi connectivity index (χ0n) is 22.2. The Morgan fingerprint density at radius 3 is 2.64 bits per heavy atom. The first kappa shape index (κ1) is 25.9. The summed E-state index contributed by atoms with van der Waals surface area (Å²) < 4.78 is 27.5. The van der Waals surface area contributed by atoms with Gasteiger partial charge in [0.2, 0.25) is 5.95 Å². The van der Waals surface area contributed by atoms with Crippen molar-refractivity contribution in [3.63, 3.8) is 0 Å². The number of amides is 1. The van der Waals surface area contributed by atoms with Gasteiger partial charge in [0.05, 0.1) is 12.2 Å². The van der Waals surface area contributed by atoms with E-state index in [0.717, 1.165) is 22.4 Å². The van der Waals surface area contributed by atoms with E-state index in [-0.39, 0.29) is 18.3 Å². The lowest BCUT2D eigenvalue weighted by Gasteiger charge is -2.28. The maximum Gasteiger partial charge on any atom is 0.255 e. The molecule has 1 aliphatic rings. The molecule has 1 aliphatic heterocycles. The number of rotatable bonds is 8. The summed E-state index contributed by atoms with van der Waals surface area (Å²) in [5.41, 5.74) is 5.03. The maximum absolute atomic E-state index is 14.1. The minimum absolute atomic E-state index is 0.0408. The number of nitrogens with one attached hydrogen (secondary N) is 2. The van der Waals surface area contributed by atoms with Gasteiger partial charge in [0.15, 0.2) is 11.5 Å². The quantitative estimate of drug-likeness (QED) is 0.318. The van der Waals surface area contributed by atoms with E-state index < -0.39 is 6.04 Å². The van der Waals surface area contributed by atoms with Gasteiger partial charge < -0.3 is 20.1 Å². The number of aryl methyl sites for hydroxylation is 2. The van der Waals surface area contributed by atoms with Crippen molar-refractivity contribution >= 4 is 17.5 Å². The Balaban J connectivity index is 1.50. The van der Waals surface area contributed by atoms with Crippen LogP contribution in [0.3, 0.4) is 0 Å². The van der Waals surface area contributed by atoms with Crippen LogP contribution in [-0.2, 0) is 11.4 Å². The van der Waals surface area contributed by atoms with Crippen molar-refractivity contribution in [3.05, 3.63) is 100 Å². The molecule has 200 valence electrons. The summed E-state index contributed by atoms with van der Waals surface area (Å²) in [5, 5.41) is 18.2. The van der Waals surface area contributed by atoms with Gasteiger partial charge in [-0.25, -0.2) is 4.39 Å². The Hall–Kier alpha value is -4.73. The molecular weight excluding hydrogens is 499 g/mol. The molecular formula is C29H29FN6O3. The third-order valence-electron chi connectivity index (χ3n) is 6.51. The first-order chi connectivity index (χ1) is 18.9. The van der Waals surface area contributed by atoms with Gasteiger partial charge >= 0.3 is 0 Å². The fourth-order valence-corrected chi connectivity index (χ4v) is 4.61. The number of hydrogen-bond donors (Lipinski definition) is 2. The number of anilines is 2. The van der Waals surface area contributed by atoms with Gasteiger partial charge in [-0.15, -0.1) is 0 Å². The van der Waals surface area contributed by atoms with E-state index in [1.165, 1.54) is 6.07 Å². The third-order valence-corrected chi connectivity index (χ3v) is 6.51. The SMILES string of the molecule is CCOc1cc(C2C(C(=O)Nc3ccc(C)cc3C)=C(C)Nc3nnnn32)ccc1OCc1ccccc1F. The molecule has 1 aromatic heterocycles. The molecule has 10 heteroatoms. The average Bonchev–Trinajstić information content (AvgIpc) is 3.37. The average molecular weight is 529 g/mol. The molecule has 0 saturated heterocycles. The molecule has 2 heterocycles. The van der Waals surface area contributed by atoms with Crippen molar-refractivity contribution in [2.75, 3.05) is 17.2 Å². The highest BCUT2D eigenvalue weighted by Gasteiger charge is 2.34. The molecule has 0 spiro atoms. The van der Waals surface area contributed by atoms with Crippen LogP contribution >= 0.6 is 0 Å². The van der Waals surface area contributed by atoms with Crippen molar-refractivity contribution < 1.29 is 18.7 Å². The van der Waals surface area contributed by atoms with Crippen molar-refractivity contribution in [1.82, 2.24) is 20.2 Å². The second-order valence-corrected chi connectivity index (χ2v) is 9.31. The Labute approximate surface area is 225 Å². The van der Waals surface area contributed by atoms with E-state index in [2.05, 4.69) is 26.2 Å². The van der Waals surface area contributed by atoms with Crippen LogP contribution in [0.25, 0.3) is 0 Å². The number of fused-ring (bicyclic) bond motifs is 1. The summed E-state index contributed by atoms with van der Waals surface area (Å²) in [7, 11) is 0. The zero-order valence-corrected chi connectivity index (χ0v) is 22.2. The molecule has 0 aliphatic carbocycles. The van der Waals surface area contributed by atoms with Crippen molar-refractivity contribution in [3.8, 4) is 11.5 Å². The number of benzene rings is 3. The summed E-state index contributed by atoms with van der Waals surface area (Å²) in [6.45, 7) is 8.07. The molecule has 1 atom stereocenters. The molecule has 3 aromatic carbocycles. The zero-order chi connectivity index (χ0) is 27.5. The van der Waals surface area contributed by atoms with Crippen LogP contribution in [0, 0.1) is 19.7 Å². The number of hydrogen-bond acceptors (Lipinski definition) is 7. The smallest absolute Gasteiger partial charge is 0.255 e. The fourth-order valence-electron chi connectivity index (χ4n) is 4.61. The number of allylic oxidation sites excluding steroid dienone is 1. The van der Waals surface area contributed by atoms with Gasteiger partial charge in [-0.1, -0.05) is 47.1 Å². The molecule has 9 nitrogen and oxygen atoms in total. The predicted molar refractivity (Wildman–Crippen MR) is 145 cm³/mol. The van der Waals surface area contributed by atoms with E-state index in [1.807, 2.05) is 52.0 Å². The summed E-state index contributed by atoms with van der Waals surface area (Å²) in [4.78, 5) is 13.7. The van der Waals surface area contributed by atoms with Crippen molar-refractivity contribution in [2.24, 2.45) is 0 Å². The van der Waals surface area contributed by atoms with E-state index >= 15 is 0 Å². The molecule has 39 heavy (non-hydrogen) atoms. The second-order valence-electron chi connectivity index (χ2n) is 9.31. The number of tetrazole rings is 1. The van der Waals surface area contributed by atoms with E-state index in [4.69, 9.17) is 9.47 Å². The third kappa shape index (κ3) is 5.31. The molecule has 1 amide bonds. The van der Waals surface area contributed by atoms with Crippen molar-refractivity contribution in [1.29, 1.82) is 0 Å². The number of carbonyl (C=O) groups excluding carboxylic acids is 1. The molecule has 0 fully saturated rings. The standard InChI is InChI=1S/C29H29FN6O3/c1-5-38-25-15-20(11-13-24(25)39-16-21-8-6-7-9-22(21)30)27-26(19(4)31-29-33-34-35-36(27)29)28(37)32-23-12-10-17(2)14-18(23)3/h6-15,27H,5,16H2,1-4H3,(H,32,37)(H,31,33,35). The fraction of sp³-hybridized carbons (Fsp3) is 0.241. The molecule has 0 radical (unpaired) electrons. The largest absolute Gasteiger partial charge is 0.490 e. The molecule has 0 bridgehead atoms. The van der Waals surface area contributed by atoms with Gasteiger partial charge in [0.1, 0.15) is 18.5 Å². The minimum Gasteiger partial charge on any atom is -0.490 e. The summed E-state index contributed by atoms with van der Waals surface area (Å²) in [6.07, 6.45) is 0. The lowest BCUT2D eigenvalue weighted by molar-refractivity contribution is -0.113. The molecule has 2 N–H and O–H groups in total. The Kier molecular flexibility index (Phi) is 7.27. The van der Waals surface area contributed by atoms with E-state index in [9.17, 15) is 9.18 Å². The number of ether oxygens (including phenoxy) is 2. The number of carbonyl (C=O) groups is 1. The molecule has 1 unspecified atom stereocenters. The van der Waals surface area contributed by atoms with Crippen LogP contribution in [0.2, 0.25) is 0 Å². The monoisotopic (exact) mass is 528 g/mol.